The predicted molar refractivity (Wildman–Crippen MR) is 122 cm³/mol. The summed E-state index contributed by atoms with van der Waals surface area (Å²) in [5, 5.41) is 1.79. The number of hydrogen-bond donors (Lipinski definition) is 1. The highest BCUT2D eigenvalue weighted by molar-refractivity contribution is 7.91. The minimum atomic E-state index is -3.75. The largest absolute Gasteiger partial charge is 0.350 e. The smallest absolute Gasteiger partial charge is 0.251 e. The molecule has 32 heavy (non-hydrogen) atoms. The molecular formula is C24H22N4O3S. The Morgan fingerprint density at radius 1 is 0.938 bits per heavy atom. The van der Waals surface area contributed by atoms with Gasteiger partial charge in [0.15, 0.2) is 9.84 Å². The molecule has 162 valence electrons. The number of nitrogens with zero attached hydrogens (tertiary/aromatic N) is 3. The number of pyridine rings is 1. The molecule has 2 aromatic carbocycles. The van der Waals surface area contributed by atoms with Gasteiger partial charge in [-0.2, -0.15) is 0 Å². The number of benzene rings is 2. The molecular weight excluding hydrogens is 424 g/mol. The van der Waals surface area contributed by atoms with Crippen molar-refractivity contribution in [3.63, 3.8) is 0 Å². The van der Waals surface area contributed by atoms with Gasteiger partial charge in [-0.3, -0.25) is 9.78 Å². The SMILES string of the molecule is Cc1nc2ccc(C(=O)NC[C@@H](c3cccnc3)S(=O)(=O)c3ccccc3)cc2nc1C. The number of sulfone groups is 1. The van der Waals surface area contributed by atoms with Crippen LogP contribution < -0.4 is 5.32 Å². The van der Waals surface area contributed by atoms with E-state index in [-0.39, 0.29) is 17.3 Å². The van der Waals surface area contributed by atoms with Crippen LogP contribution in [0.5, 0.6) is 0 Å². The van der Waals surface area contributed by atoms with Gasteiger partial charge < -0.3 is 5.32 Å². The number of hydrogen-bond acceptors (Lipinski definition) is 6. The van der Waals surface area contributed by atoms with Gasteiger partial charge in [0.1, 0.15) is 5.25 Å². The molecule has 0 unspecified atom stereocenters. The third kappa shape index (κ3) is 4.36. The highest BCUT2D eigenvalue weighted by Gasteiger charge is 2.30. The van der Waals surface area contributed by atoms with Gasteiger partial charge >= 0.3 is 0 Å². The molecule has 4 rings (SSSR count). The molecule has 0 aliphatic carbocycles. The number of aromatic nitrogens is 3. The molecule has 0 aliphatic heterocycles. The Hall–Kier alpha value is -3.65. The zero-order chi connectivity index (χ0) is 22.7. The van der Waals surface area contributed by atoms with E-state index in [2.05, 4.69) is 20.3 Å². The van der Waals surface area contributed by atoms with Crippen LogP contribution in [0.15, 0.2) is 78.0 Å². The van der Waals surface area contributed by atoms with Crippen molar-refractivity contribution in [1.29, 1.82) is 0 Å². The Kier molecular flexibility index (Phi) is 5.96. The molecule has 0 saturated carbocycles. The summed E-state index contributed by atoms with van der Waals surface area (Å²) >= 11 is 0. The molecule has 0 radical (unpaired) electrons. The Morgan fingerprint density at radius 2 is 1.66 bits per heavy atom. The Labute approximate surface area is 186 Å². The van der Waals surface area contributed by atoms with Crippen molar-refractivity contribution in [2.75, 3.05) is 6.54 Å². The second-order valence-corrected chi connectivity index (χ2v) is 9.57. The average Bonchev–Trinajstić information content (AvgIpc) is 2.80. The van der Waals surface area contributed by atoms with Gasteiger partial charge in [-0.15, -0.1) is 0 Å². The first-order chi connectivity index (χ1) is 15.4. The maximum absolute atomic E-state index is 13.3. The molecule has 4 aromatic rings. The monoisotopic (exact) mass is 446 g/mol. The summed E-state index contributed by atoms with van der Waals surface area (Å²) in [5.41, 5.74) is 3.83. The van der Waals surface area contributed by atoms with E-state index in [0.717, 1.165) is 11.4 Å². The van der Waals surface area contributed by atoms with Crippen molar-refractivity contribution < 1.29 is 13.2 Å². The number of rotatable bonds is 6. The molecule has 8 heteroatoms. The van der Waals surface area contributed by atoms with Crippen molar-refractivity contribution in [3.05, 3.63) is 95.6 Å². The lowest BCUT2D eigenvalue weighted by molar-refractivity contribution is 0.0954. The highest BCUT2D eigenvalue weighted by atomic mass is 32.2. The second-order valence-electron chi connectivity index (χ2n) is 7.44. The number of fused-ring (bicyclic) bond motifs is 1. The lowest BCUT2D eigenvalue weighted by Crippen LogP contribution is -2.32. The van der Waals surface area contributed by atoms with Gasteiger partial charge in [-0.25, -0.2) is 18.4 Å². The Bertz CT molecular complexity index is 1370. The minimum Gasteiger partial charge on any atom is -0.350 e. The van der Waals surface area contributed by atoms with Crippen molar-refractivity contribution in [2.24, 2.45) is 0 Å². The Balaban J connectivity index is 1.62. The highest BCUT2D eigenvalue weighted by Crippen LogP contribution is 2.28. The summed E-state index contributed by atoms with van der Waals surface area (Å²) < 4.78 is 26.7. The van der Waals surface area contributed by atoms with Gasteiger partial charge in [0.25, 0.3) is 5.91 Å². The van der Waals surface area contributed by atoms with Crippen LogP contribution in [0.25, 0.3) is 11.0 Å². The summed E-state index contributed by atoms with van der Waals surface area (Å²) in [7, 11) is -3.75. The zero-order valence-electron chi connectivity index (χ0n) is 17.7. The molecule has 1 atom stereocenters. The number of nitrogens with one attached hydrogen (secondary N) is 1. The number of carbonyl (C=O) groups excluding carboxylic acids is 1. The van der Waals surface area contributed by atoms with E-state index in [1.54, 1.807) is 66.9 Å². The molecule has 7 nitrogen and oxygen atoms in total. The van der Waals surface area contributed by atoms with Crippen molar-refractivity contribution >= 4 is 26.8 Å². The van der Waals surface area contributed by atoms with E-state index in [9.17, 15) is 13.2 Å². The topological polar surface area (TPSA) is 102 Å². The zero-order valence-corrected chi connectivity index (χ0v) is 18.5. The fourth-order valence-electron chi connectivity index (χ4n) is 3.41. The third-order valence-electron chi connectivity index (χ3n) is 5.29. The van der Waals surface area contributed by atoms with Crippen molar-refractivity contribution in [1.82, 2.24) is 20.3 Å². The Morgan fingerprint density at radius 3 is 2.34 bits per heavy atom. The molecule has 0 spiro atoms. The summed E-state index contributed by atoms with van der Waals surface area (Å²) in [6.45, 7) is 3.65. The third-order valence-corrected chi connectivity index (χ3v) is 7.41. The number of amides is 1. The predicted octanol–water partition coefficient (Wildman–Crippen LogP) is 3.59. The first-order valence-corrected chi connectivity index (χ1v) is 11.6. The van der Waals surface area contributed by atoms with Crippen molar-refractivity contribution in [2.45, 2.75) is 24.0 Å². The maximum atomic E-state index is 13.3. The van der Waals surface area contributed by atoms with E-state index in [0.29, 0.717) is 22.2 Å². The molecule has 0 aliphatic rings. The first kappa shape index (κ1) is 21.6. The van der Waals surface area contributed by atoms with Gasteiger partial charge in [0, 0.05) is 24.5 Å². The fourth-order valence-corrected chi connectivity index (χ4v) is 5.07. The average molecular weight is 447 g/mol. The summed E-state index contributed by atoms with van der Waals surface area (Å²) in [6.07, 6.45) is 3.09. The molecule has 1 N–H and O–H groups in total. The lowest BCUT2D eigenvalue weighted by atomic mass is 10.1. The van der Waals surface area contributed by atoms with E-state index in [1.807, 2.05) is 13.8 Å². The lowest BCUT2D eigenvalue weighted by Gasteiger charge is -2.19. The van der Waals surface area contributed by atoms with Gasteiger partial charge in [-0.05, 0) is 55.8 Å². The molecule has 0 bridgehead atoms. The van der Waals surface area contributed by atoms with Gasteiger partial charge in [0.05, 0.1) is 27.3 Å². The number of aryl methyl sites for hydroxylation is 2. The van der Waals surface area contributed by atoms with Gasteiger partial charge in [-0.1, -0.05) is 24.3 Å². The van der Waals surface area contributed by atoms with E-state index >= 15 is 0 Å². The van der Waals surface area contributed by atoms with E-state index < -0.39 is 15.1 Å². The number of carbonyl (C=O) groups is 1. The normalized spacial score (nSPS) is 12.4. The molecule has 2 heterocycles. The summed E-state index contributed by atoms with van der Waals surface area (Å²) in [6, 6.07) is 16.6. The summed E-state index contributed by atoms with van der Waals surface area (Å²) in [4.78, 5) is 26.1. The van der Waals surface area contributed by atoms with Crippen LogP contribution in [0.2, 0.25) is 0 Å². The van der Waals surface area contributed by atoms with Crippen LogP contribution >= 0.6 is 0 Å². The standard InChI is InChI=1S/C24H22N4O3S/c1-16-17(2)28-22-13-18(10-11-21(22)27-16)24(29)26-15-23(19-7-6-12-25-14-19)32(30,31)20-8-4-3-5-9-20/h3-14,23H,15H2,1-2H3,(H,26,29)/t23-/m0/s1. The molecule has 0 fully saturated rings. The quantitative estimate of drug-likeness (QED) is 0.486. The van der Waals surface area contributed by atoms with E-state index in [4.69, 9.17) is 0 Å². The van der Waals surface area contributed by atoms with Crippen molar-refractivity contribution in [3.8, 4) is 0 Å². The maximum Gasteiger partial charge on any atom is 0.251 e. The van der Waals surface area contributed by atoms with Crippen LogP contribution in [0.3, 0.4) is 0 Å². The first-order valence-electron chi connectivity index (χ1n) is 10.1. The molecule has 2 aromatic heterocycles. The molecule has 0 saturated heterocycles. The van der Waals surface area contributed by atoms with Crippen LogP contribution in [-0.4, -0.2) is 35.8 Å². The van der Waals surface area contributed by atoms with Crippen LogP contribution in [-0.2, 0) is 9.84 Å². The summed E-state index contributed by atoms with van der Waals surface area (Å²) in [5.74, 6) is -0.385. The van der Waals surface area contributed by atoms with Crippen LogP contribution in [0, 0.1) is 13.8 Å². The van der Waals surface area contributed by atoms with E-state index in [1.165, 1.54) is 6.20 Å². The van der Waals surface area contributed by atoms with Crippen LogP contribution in [0.1, 0.15) is 32.6 Å². The van der Waals surface area contributed by atoms with Crippen LogP contribution in [0.4, 0.5) is 0 Å². The molecule has 1 amide bonds. The minimum absolute atomic E-state index is 0.0988. The fraction of sp³-hybridized carbons (Fsp3) is 0.167. The van der Waals surface area contributed by atoms with Gasteiger partial charge in [0.2, 0.25) is 0 Å². The second kappa shape index (κ2) is 8.84.